The fourth-order valence-electron chi connectivity index (χ4n) is 3.43. The minimum Gasteiger partial charge on any atom is -0.348 e. The molecule has 0 spiro atoms. The van der Waals surface area contributed by atoms with E-state index in [0.29, 0.717) is 12.0 Å². The number of benzene rings is 1. The zero-order chi connectivity index (χ0) is 15.4. The molecule has 3 nitrogen and oxygen atoms in total. The molecule has 118 valence electrons. The van der Waals surface area contributed by atoms with Crippen molar-refractivity contribution in [1.29, 1.82) is 0 Å². The molecular weight excluding hydrogens is 310 g/mol. The third kappa shape index (κ3) is 2.61. The lowest BCUT2D eigenvalue weighted by Crippen LogP contribution is -2.44. The highest BCUT2D eigenvalue weighted by Gasteiger charge is 2.48. The second-order valence-corrected chi connectivity index (χ2v) is 7.08. The van der Waals surface area contributed by atoms with E-state index in [9.17, 15) is 13.6 Å². The van der Waals surface area contributed by atoms with E-state index in [4.69, 9.17) is 11.6 Å². The number of piperidine rings is 1. The van der Waals surface area contributed by atoms with Crippen LogP contribution in [-0.4, -0.2) is 18.0 Å². The maximum atomic E-state index is 14.1. The lowest BCUT2D eigenvalue weighted by molar-refractivity contribution is -0.124. The Labute approximate surface area is 132 Å². The molecule has 1 aliphatic heterocycles. The monoisotopic (exact) mass is 326 g/mol. The van der Waals surface area contributed by atoms with Gasteiger partial charge in [0.1, 0.15) is 11.6 Å². The first-order valence-corrected chi connectivity index (χ1v) is 8.11. The Bertz CT molecular complexity index is 625. The van der Waals surface area contributed by atoms with Gasteiger partial charge in [-0.3, -0.25) is 4.79 Å². The molecule has 1 amide bonds. The molecule has 3 fully saturated rings. The Morgan fingerprint density at radius 3 is 2.68 bits per heavy atom. The SMILES string of the molecule is O=C(NC(c1cc(F)c(Cl)cc1F)C1CC1)[C@H]1C[C@H]2C[C@H]2N1. The maximum Gasteiger partial charge on any atom is 0.237 e. The van der Waals surface area contributed by atoms with Crippen molar-refractivity contribution in [2.24, 2.45) is 11.8 Å². The van der Waals surface area contributed by atoms with E-state index >= 15 is 0 Å². The predicted octanol–water partition coefficient (Wildman–Crippen LogP) is 2.94. The van der Waals surface area contributed by atoms with Crippen LogP contribution < -0.4 is 10.6 Å². The van der Waals surface area contributed by atoms with Crippen LogP contribution in [0.3, 0.4) is 0 Å². The van der Waals surface area contributed by atoms with Crippen molar-refractivity contribution in [3.8, 4) is 0 Å². The second kappa shape index (κ2) is 5.17. The molecule has 2 N–H and O–H groups in total. The summed E-state index contributed by atoms with van der Waals surface area (Å²) in [5, 5.41) is 5.96. The highest BCUT2D eigenvalue weighted by atomic mass is 35.5. The largest absolute Gasteiger partial charge is 0.348 e. The first kappa shape index (κ1) is 14.4. The van der Waals surface area contributed by atoms with Crippen LogP contribution in [0.2, 0.25) is 5.02 Å². The normalized spacial score (nSPS) is 30.8. The van der Waals surface area contributed by atoms with Crippen LogP contribution in [0.15, 0.2) is 12.1 Å². The molecule has 3 aliphatic rings. The Kier molecular flexibility index (Phi) is 3.38. The standard InChI is InChI=1S/C16H17ClF2N2O/c17-10-6-11(18)9(5-12(10)19)15(7-1-2-7)21-16(22)14-4-8-3-13(8)20-14/h5-8,13-15,20H,1-4H2,(H,21,22)/t8-,13-,14-,15?/m1/s1. The van der Waals surface area contributed by atoms with Gasteiger partial charge in [0.15, 0.2) is 0 Å². The molecule has 4 atom stereocenters. The average Bonchev–Trinajstić information content (AvgIpc) is 3.40. The number of hydrogen-bond acceptors (Lipinski definition) is 2. The highest BCUT2D eigenvalue weighted by molar-refractivity contribution is 6.30. The summed E-state index contributed by atoms with van der Waals surface area (Å²) in [5.41, 5.74) is 0.195. The summed E-state index contributed by atoms with van der Waals surface area (Å²) in [7, 11) is 0. The van der Waals surface area contributed by atoms with Crippen molar-refractivity contribution in [3.05, 3.63) is 34.4 Å². The third-order valence-electron chi connectivity index (χ3n) is 4.96. The van der Waals surface area contributed by atoms with E-state index in [1.165, 1.54) is 0 Å². The highest BCUT2D eigenvalue weighted by Crippen LogP contribution is 2.44. The summed E-state index contributed by atoms with van der Waals surface area (Å²) in [5.74, 6) is -0.544. The number of carbonyl (C=O) groups is 1. The Morgan fingerprint density at radius 2 is 2.05 bits per heavy atom. The fraction of sp³-hybridized carbons (Fsp3) is 0.562. The second-order valence-electron chi connectivity index (χ2n) is 6.67. The van der Waals surface area contributed by atoms with Crippen LogP contribution in [0.25, 0.3) is 0 Å². The van der Waals surface area contributed by atoms with Gasteiger partial charge in [0.05, 0.1) is 17.1 Å². The first-order valence-electron chi connectivity index (χ1n) is 7.74. The summed E-state index contributed by atoms with van der Waals surface area (Å²) in [6, 6.07) is 1.89. The zero-order valence-corrected chi connectivity index (χ0v) is 12.7. The van der Waals surface area contributed by atoms with Gasteiger partial charge in [-0.05, 0) is 49.7 Å². The Hall–Kier alpha value is -1.20. The summed E-state index contributed by atoms with van der Waals surface area (Å²) < 4.78 is 27.8. The van der Waals surface area contributed by atoms with Crippen LogP contribution in [-0.2, 0) is 4.79 Å². The van der Waals surface area contributed by atoms with Gasteiger partial charge in [0.2, 0.25) is 5.91 Å². The van der Waals surface area contributed by atoms with E-state index in [1.807, 2.05) is 0 Å². The lowest BCUT2D eigenvalue weighted by atomic mass is 10.0. The topological polar surface area (TPSA) is 41.1 Å². The number of nitrogens with one attached hydrogen (secondary N) is 2. The number of amides is 1. The Balaban J connectivity index is 1.53. The summed E-state index contributed by atoms with van der Waals surface area (Å²) >= 11 is 5.60. The molecule has 22 heavy (non-hydrogen) atoms. The van der Waals surface area contributed by atoms with Gasteiger partial charge in [-0.1, -0.05) is 11.6 Å². The summed E-state index contributed by atoms with van der Waals surface area (Å²) in [6.45, 7) is 0. The van der Waals surface area contributed by atoms with Crippen molar-refractivity contribution >= 4 is 17.5 Å². The van der Waals surface area contributed by atoms with Crippen LogP contribution in [0.1, 0.15) is 37.3 Å². The third-order valence-corrected chi connectivity index (χ3v) is 5.25. The molecule has 2 aliphatic carbocycles. The molecule has 1 unspecified atom stereocenters. The van der Waals surface area contributed by atoms with Crippen LogP contribution in [0.5, 0.6) is 0 Å². The number of fused-ring (bicyclic) bond motifs is 1. The number of halogens is 3. The van der Waals surface area contributed by atoms with Crippen molar-refractivity contribution in [2.45, 2.75) is 43.8 Å². The van der Waals surface area contributed by atoms with Crippen molar-refractivity contribution in [2.75, 3.05) is 0 Å². The fourth-order valence-corrected chi connectivity index (χ4v) is 3.58. The van der Waals surface area contributed by atoms with E-state index < -0.39 is 17.7 Å². The molecule has 0 radical (unpaired) electrons. The molecule has 6 heteroatoms. The smallest absolute Gasteiger partial charge is 0.237 e. The zero-order valence-electron chi connectivity index (χ0n) is 11.9. The summed E-state index contributed by atoms with van der Waals surface area (Å²) in [4.78, 5) is 12.4. The number of hydrogen-bond donors (Lipinski definition) is 2. The maximum absolute atomic E-state index is 14.1. The van der Waals surface area contributed by atoms with Gasteiger partial charge in [0, 0.05) is 11.6 Å². The molecule has 1 aromatic rings. The molecule has 2 saturated carbocycles. The number of carbonyl (C=O) groups excluding carboxylic acids is 1. The first-order chi connectivity index (χ1) is 10.5. The molecule has 1 aromatic carbocycles. The van der Waals surface area contributed by atoms with Crippen LogP contribution in [0, 0.1) is 23.5 Å². The molecule has 0 bridgehead atoms. The molecule has 4 rings (SSSR count). The van der Waals surface area contributed by atoms with Crippen molar-refractivity contribution in [1.82, 2.24) is 10.6 Å². The summed E-state index contributed by atoms with van der Waals surface area (Å²) in [6.07, 6.45) is 3.81. The van der Waals surface area contributed by atoms with E-state index in [-0.39, 0.29) is 28.5 Å². The minimum atomic E-state index is -0.654. The minimum absolute atomic E-state index is 0.112. The molecular formula is C16H17ClF2N2O. The van der Waals surface area contributed by atoms with Gasteiger partial charge in [-0.15, -0.1) is 0 Å². The van der Waals surface area contributed by atoms with E-state index in [2.05, 4.69) is 10.6 Å². The Morgan fingerprint density at radius 1 is 1.27 bits per heavy atom. The molecule has 1 saturated heterocycles. The van der Waals surface area contributed by atoms with Crippen LogP contribution >= 0.6 is 11.6 Å². The van der Waals surface area contributed by atoms with Gasteiger partial charge >= 0.3 is 0 Å². The van der Waals surface area contributed by atoms with Crippen LogP contribution in [0.4, 0.5) is 8.78 Å². The van der Waals surface area contributed by atoms with Gasteiger partial charge in [-0.2, -0.15) is 0 Å². The quantitative estimate of drug-likeness (QED) is 0.835. The number of rotatable bonds is 4. The molecule has 1 heterocycles. The van der Waals surface area contributed by atoms with Crippen molar-refractivity contribution < 1.29 is 13.6 Å². The van der Waals surface area contributed by atoms with Gasteiger partial charge in [-0.25, -0.2) is 8.78 Å². The van der Waals surface area contributed by atoms with E-state index in [0.717, 1.165) is 37.8 Å². The lowest BCUT2D eigenvalue weighted by Gasteiger charge is -2.22. The molecule has 0 aromatic heterocycles. The predicted molar refractivity (Wildman–Crippen MR) is 78.4 cm³/mol. The van der Waals surface area contributed by atoms with Gasteiger partial charge < -0.3 is 10.6 Å². The average molecular weight is 327 g/mol. The van der Waals surface area contributed by atoms with E-state index in [1.54, 1.807) is 0 Å². The van der Waals surface area contributed by atoms with Gasteiger partial charge in [0.25, 0.3) is 0 Å². The van der Waals surface area contributed by atoms with Crippen molar-refractivity contribution in [3.63, 3.8) is 0 Å².